The Morgan fingerprint density at radius 1 is 1.26 bits per heavy atom. The standard InChI is InChI=1S/C16H21N3O3S/c1-16(2)9-19(13(16)10-7-8-10)15(20)14-17-11-5-3-4-6-12(11)23(21,22)18-14/h3-6,10,13-14,17-18H,7-9H2,1-2H3. The highest BCUT2D eigenvalue weighted by Crippen LogP contribution is 2.50. The van der Waals surface area contributed by atoms with Crippen molar-refractivity contribution in [2.45, 2.75) is 43.8 Å². The van der Waals surface area contributed by atoms with Crippen LogP contribution in [0.1, 0.15) is 26.7 Å². The quantitative estimate of drug-likeness (QED) is 0.855. The first-order valence-corrected chi connectivity index (χ1v) is 9.46. The molecule has 2 atom stereocenters. The molecule has 1 amide bonds. The molecule has 7 heteroatoms. The molecule has 0 bridgehead atoms. The molecule has 1 aliphatic carbocycles. The number of benzene rings is 1. The second kappa shape index (κ2) is 4.70. The van der Waals surface area contributed by atoms with Crippen LogP contribution in [0, 0.1) is 11.3 Å². The number of fused-ring (bicyclic) bond motifs is 1. The Morgan fingerprint density at radius 2 is 1.96 bits per heavy atom. The first-order valence-electron chi connectivity index (χ1n) is 7.98. The predicted molar refractivity (Wildman–Crippen MR) is 86.2 cm³/mol. The summed E-state index contributed by atoms with van der Waals surface area (Å²) in [5.41, 5.74) is 0.592. The average Bonchev–Trinajstić information content (AvgIpc) is 3.28. The van der Waals surface area contributed by atoms with E-state index in [0.717, 1.165) is 12.8 Å². The number of hydrogen-bond donors (Lipinski definition) is 2. The van der Waals surface area contributed by atoms with E-state index in [0.29, 0.717) is 18.2 Å². The lowest BCUT2D eigenvalue weighted by Crippen LogP contribution is -2.69. The fraction of sp³-hybridized carbons (Fsp3) is 0.562. The van der Waals surface area contributed by atoms with Crippen LogP contribution in [-0.4, -0.2) is 38.0 Å². The molecule has 0 spiro atoms. The molecule has 4 rings (SSSR count). The largest absolute Gasteiger partial charge is 0.360 e. The van der Waals surface area contributed by atoms with Gasteiger partial charge in [0, 0.05) is 18.0 Å². The summed E-state index contributed by atoms with van der Waals surface area (Å²) in [7, 11) is -3.66. The van der Waals surface area contributed by atoms with E-state index in [1.165, 1.54) is 6.07 Å². The van der Waals surface area contributed by atoms with Gasteiger partial charge in [0.25, 0.3) is 5.91 Å². The van der Waals surface area contributed by atoms with Crippen LogP contribution in [0.2, 0.25) is 0 Å². The van der Waals surface area contributed by atoms with Gasteiger partial charge in [-0.15, -0.1) is 0 Å². The summed E-state index contributed by atoms with van der Waals surface area (Å²) in [6.07, 6.45) is 1.39. The van der Waals surface area contributed by atoms with E-state index >= 15 is 0 Å². The minimum atomic E-state index is -3.66. The summed E-state index contributed by atoms with van der Waals surface area (Å²) in [6, 6.07) is 6.87. The number of hydrogen-bond acceptors (Lipinski definition) is 4. The number of amides is 1. The highest BCUT2D eigenvalue weighted by Gasteiger charge is 2.55. The maximum atomic E-state index is 12.8. The van der Waals surface area contributed by atoms with Crippen LogP contribution >= 0.6 is 0 Å². The third-order valence-electron chi connectivity index (χ3n) is 5.06. The summed E-state index contributed by atoms with van der Waals surface area (Å²) in [6.45, 7) is 5.02. The van der Waals surface area contributed by atoms with Gasteiger partial charge in [0.05, 0.1) is 5.69 Å². The lowest BCUT2D eigenvalue weighted by Gasteiger charge is -2.55. The van der Waals surface area contributed by atoms with Crippen molar-refractivity contribution in [3.8, 4) is 0 Å². The van der Waals surface area contributed by atoms with E-state index in [-0.39, 0.29) is 22.3 Å². The van der Waals surface area contributed by atoms with Crippen molar-refractivity contribution in [3.63, 3.8) is 0 Å². The lowest BCUT2D eigenvalue weighted by molar-refractivity contribution is -0.154. The number of rotatable bonds is 2. The van der Waals surface area contributed by atoms with Crippen LogP contribution in [0.15, 0.2) is 29.2 Å². The second-order valence-corrected chi connectivity index (χ2v) is 9.11. The van der Waals surface area contributed by atoms with Crippen LogP contribution in [0.4, 0.5) is 5.69 Å². The molecule has 2 N–H and O–H groups in total. The number of carbonyl (C=O) groups is 1. The molecule has 3 aliphatic rings. The summed E-state index contributed by atoms with van der Waals surface area (Å²) in [5, 5.41) is 3.03. The van der Waals surface area contributed by atoms with E-state index < -0.39 is 16.2 Å². The zero-order valence-corrected chi connectivity index (χ0v) is 14.1. The monoisotopic (exact) mass is 335 g/mol. The van der Waals surface area contributed by atoms with E-state index in [2.05, 4.69) is 23.9 Å². The van der Waals surface area contributed by atoms with Crippen LogP contribution < -0.4 is 10.0 Å². The zero-order valence-electron chi connectivity index (χ0n) is 13.2. The molecular formula is C16H21N3O3S. The van der Waals surface area contributed by atoms with Crippen LogP contribution in [0.3, 0.4) is 0 Å². The van der Waals surface area contributed by atoms with Crippen molar-refractivity contribution in [3.05, 3.63) is 24.3 Å². The molecule has 2 fully saturated rings. The van der Waals surface area contributed by atoms with Crippen molar-refractivity contribution >= 4 is 21.6 Å². The molecule has 1 saturated carbocycles. The number of likely N-dealkylation sites (tertiary alicyclic amines) is 1. The van der Waals surface area contributed by atoms with Gasteiger partial charge in [0.1, 0.15) is 4.90 Å². The van der Waals surface area contributed by atoms with Crippen molar-refractivity contribution in [1.29, 1.82) is 0 Å². The first-order chi connectivity index (χ1) is 10.8. The van der Waals surface area contributed by atoms with Crippen LogP contribution in [-0.2, 0) is 14.8 Å². The third kappa shape index (κ3) is 2.33. The fourth-order valence-corrected chi connectivity index (χ4v) is 5.23. The first kappa shape index (κ1) is 15.0. The van der Waals surface area contributed by atoms with E-state index in [4.69, 9.17) is 0 Å². The average molecular weight is 335 g/mol. The Kier molecular flexibility index (Phi) is 3.06. The van der Waals surface area contributed by atoms with Crippen LogP contribution in [0.5, 0.6) is 0 Å². The molecule has 1 aromatic carbocycles. The summed E-state index contributed by atoms with van der Waals surface area (Å²) in [4.78, 5) is 14.9. The number of sulfonamides is 1. The molecule has 23 heavy (non-hydrogen) atoms. The molecule has 0 aromatic heterocycles. The van der Waals surface area contributed by atoms with Gasteiger partial charge < -0.3 is 10.2 Å². The third-order valence-corrected chi connectivity index (χ3v) is 6.54. The van der Waals surface area contributed by atoms with E-state index in [9.17, 15) is 13.2 Å². The van der Waals surface area contributed by atoms with E-state index in [1.807, 2.05) is 4.90 Å². The van der Waals surface area contributed by atoms with Crippen molar-refractivity contribution in [2.75, 3.05) is 11.9 Å². The summed E-state index contributed by atoms with van der Waals surface area (Å²) >= 11 is 0. The van der Waals surface area contributed by atoms with Gasteiger partial charge in [-0.25, -0.2) is 8.42 Å². The Labute approximate surface area is 136 Å². The summed E-state index contributed by atoms with van der Waals surface area (Å²) < 4.78 is 27.2. The van der Waals surface area contributed by atoms with Gasteiger partial charge in [-0.1, -0.05) is 26.0 Å². The lowest BCUT2D eigenvalue weighted by atomic mass is 9.72. The highest BCUT2D eigenvalue weighted by atomic mass is 32.2. The van der Waals surface area contributed by atoms with Gasteiger partial charge in [0.15, 0.2) is 6.17 Å². The van der Waals surface area contributed by atoms with Crippen molar-refractivity contribution in [1.82, 2.24) is 9.62 Å². The molecule has 124 valence electrons. The molecule has 2 aliphatic heterocycles. The SMILES string of the molecule is CC1(C)CN(C(=O)C2Nc3ccccc3S(=O)(=O)N2)C1C1CC1. The van der Waals surface area contributed by atoms with Crippen LogP contribution in [0.25, 0.3) is 0 Å². The number of nitrogens with zero attached hydrogens (tertiary/aromatic N) is 1. The molecule has 2 heterocycles. The smallest absolute Gasteiger partial charge is 0.261 e. The number of nitrogens with one attached hydrogen (secondary N) is 2. The molecule has 1 saturated heterocycles. The molecule has 1 aromatic rings. The molecule has 0 radical (unpaired) electrons. The molecule has 2 unspecified atom stereocenters. The number of carbonyl (C=O) groups excluding carboxylic acids is 1. The van der Waals surface area contributed by atoms with Gasteiger partial charge in [-0.05, 0) is 30.9 Å². The highest BCUT2D eigenvalue weighted by molar-refractivity contribution is 7.89. The minimum absolute atomic E-state index is 0.113. The van der Waals surface area contributed by atoms with Gasteiger partial charge in [0.2, 0.25) is 10.0 Å². The maximum Gasteiger partial charge on any atom is 0.261 e. The Balaban J connectivity index is 1.59. The molecule has 6 nitrogen and oxygen atoms in total. The van der Waals surface area contributed by atoms with Crippen molar-refractivity contribution < 1.29 is 13.2 Å². The zero-order chi connectivity index (χ0) is 16.4. The normalized spacial score (nSPS) is 30.8. The van der Waals surface area contributed by atoms with E-state index in [1.54, 1.807) is 18.2 Å². The van der Waals surface area contributed by atoms with Crippen molar-refractivity contribution in [2.24, 2.45) is 11.3 Å². The van der Waals surface area contributed by atoms with Gasteiger partial charge in [-0.3, -0.25) is 4.79 Å². The Bertz CT molecular complexity index is 771. The number of para-hydroxylation sites is 1. The second-order valence-electron chi connectivity index (χ2n) is 7.43. The maximum absolute atomic E-state index is 12.8. The van der Waals surface area contributed by atoms with Gasteiger partial charge in [-0.2, -0.15) is 4.72 Å². The Hall–Kier alpha value is -1.60. The van der Waals surface area contributed by atoms with Gasteiger partial charge >= 0.3 is 0 Å². The predicted octanol–water partition coefficient (Wildman–Crippen LogP) is 1.36. The summed E-state index contributed by atoms with van der Waals surface area (Å²) in [5.74, 6) is 0.384. The topological polar surface area (TPSA) is 78.5 Å². The fourth-order valence-electron chi connectivity index (χ4n) is 3.96. The minimum Gasteiger partial charge on any atom is -0.360 e. The number of anilines is 1. The molecular weight excluding hydrogens is 314 g/mol. The Morgan fingerprint density at radius 3 is 2.61 bits per heavy atom.